The largest absolute Gasteiger partial charge is 0.235 e. The van der Waals surface area contributed by atoms with E-state index in [4.69, 9.17) is 0 Å². The van der Waals surface area contributed by atoms with E-state index in [1.807, 2.05) is 0 Å². The molecule has 4 heteroatoms. The molecule has 1 aromatic carbocycles. The third-order valence-electron chi connectivity index (χ3n) is 1.32. The molecule has 0 atom stereocenters. The molecule has 1 rings (SSSR count). The minimum Gasteiger partial charge on any atom is -0.211 e. The van der Waals surface area contributed by atoms with Crippen LogP contribution in [0.4, 0.5) is 4.39 Å². The van der Waals surface area contributed by atoms with Gasteiger partial charge in [-0.05, 0) is 18.2 Å². The number of halogens is 2. The van der Waals surface area contributed by atoms with Gasteiger partial charge in [-0.2, -0.15) is 0 Å². The van der Waals surface area contributed by atoms with E-state index in [2.05, 4.69) is 20.9 Å². The second-order valence-electron chi connectivity index (χ2n) is 2.14. The first-order valence-corrected chi connectivity index (χ1v) is 4.01. The van der Waals surface area contributed by atoms with Gasteiger partial charge in [0.1, 0.15) is 5.82 Å². The van der Waals surface area contributed by atoms with Crippen LogP contribution in [0.25, 0.3) is 0 Å². The molecule has 0 saturated carbocycles. The topological polar surface area (TPSA) is 29.4 Å². The Hall–Kier alpha value is -0.990. The minimum absolute atomic E-state index is 0.0365. The smallest absolute Gasteiger partial charge is 0.211 e. The van der Waals surface area contributed by atoms with Gasteiger partial charge in [0.05, 0.1) is 6.54 Å². The number of hydrogen-bond acceptors (Lipinski definition) is 2. The lowest BCUT2D eigenvalue weighted by atomic mass is 10.2. The van der Waals surface area contributed by atoms with Crippen LogP contribution in [-0.2, 0) is 11.3 Å². The highest BCUT2D eigenvalue weighted by Gasteiger charge is 2.00. The van der Waals surface area contributed by atoms with Gasteiger partial charge in [0, 0.05) is 10.0 Å². The molecule has 0 saturated heterocycles. The average molecular weight is 230 g/mol. The van der Waals surface area contributed by atoms with Crippen LogP contribution in [0.5, 0.6) is 0 Å². The van der Waals surface area contributed by atoms with Gasteiger partial charge < -0.3 is 0 Å². The Morgan fingerprint density at radius 2 is 2.33 bits per heavy atom. The van der Waals surface area contributed by atoms with Gasteiger partial charge in [-0.3, -0.25) is 0 Å². The number of aliphatic imine (C=N–C) groups is 1. The molecule has 0 N–H and O–H groups in total. The number of benzene rings is 1. The van der Waals surface area contributed by atoms with Crippen LogP contribution in [0.1, 0.15) is 5.56 Å². The summed E-state index contributed by atoms with van der Waals surface area (Å²) in [6.45, 7) is 0.0365. The molecule has 0 bridgehead atoms. The highest BCUT2D eigenvalue weighted by atomic mass is 79.9. The van der Waals surface area contributed by atoms with Crippen molar-refractivity contribution in [2.75, 3.05) is 0 Å². The second-order valence-corrected chi connectivity index (χ2v) is 3.06. The maximum absolute atomic E-state index is 12.9. The first kappa shape index (κ1) is 9.10. The van der Waals surface area contributed by atoms with Crippen LogP contribution in [0.2, 0.25) is 0 Å². The van der Waals surface area contributed by atoms with Crippen molar-refractivity contribution in [3.8, 4) is 0 Å². The normalized spacial score (nSPS) is 9.17. The summed E-state index contributed by atoms with van der Waals surface area (Å²) in [6, 6.07) is 4.49. The van der Waals surface area contributed by atoms with E-state index in [-0.39, 0.29) is 12.4 Å². The van der Waals surface area contributed by atoms with Crippen molar-refractivity contribution in [3.05, 3.63) is 34.1 Å². The van der Waals surface area contributed by atoms with E-state index in [1.165, 1.54) is 12.1 Å². The van der Waals surface area contributed by atoms with Gasteiger partial charge >= 0.3 is 0 Å². The molecule has 2 nitrogen and oxygen atoms in total. The Balaban J connectivity index is 2.96. The fourth-order valence-electron chi connectivity index (χ4n) is 0.782. The van der Waals surface area contributed by atoms with Crippen LogP contribution < -0.4 is 0 Å². The number of hydrogen-bond donors (Lipinski definition) is 0. The zero-order valence-corrected chi connectivity index (χ0v) is 7.64. The summed E-state index contributed by atoms with van der Waals surface area (Å²) < 4.78 is 13.6. The summed E-state index contributed by atoms with van der Waals surface area (Å²) in [6.07, 6.45) is 1.36. The van der Waals surface area contributed by atoms with Crippen molar-refractivity contribution >= 4 is 22.0 Å². The standard InChI is InChI=1S/C8H5BrFNO/c9-7-1-2-8(10)6(3-7)4-11-5-12/h1-3H,4H2. The van der Waals surface area contributed by atoms with E-state index in [0.29, 0.717) is 5.56 Å². The Labute approximate surface area is 77.3 Å². The molecule has 0 radical (unpaired) electrons. The Morgan fingerprint density at radius 1 is 1.58 bits per heavy atom. The zero-order chi connectivity index (χ0) is 8.97. The molecule has 0 aliphatic heterocycles. The third kappa shape index (κ3) is 2.26. The number of carbonyl (C=O) groups excluding carboxylic acids is 1. The summed E-state index contributed by atoms with van der Waals surface area (Å²) in [5.41, 5.74) is 0.382. The predicted molar refractivity (Wildman–Crippen MR) is 45.9 cm³/mol. The van der Waals surface area contributed by atoms with Gasteiger partial charge in [-0.25, -0.2) is 14.2 Å². The molecule has 0 heterocycles. The van der Waals surface area contributed by atoms with E-state index in [1.54, 1.807) is 12.1 Å². The first-order valence-electron chi connectivity index (χ1n) is 3.21. The minimum atomic E-state index is -0.364. The molecule has 0 aliphatic rings. The van der Waals surface area contributed by atoms with E-state index >= 15 is 0 Å². The van der Waals surface area contributed by atoms with Crippen molar-refractivity contribution < 1.29 is 9.18 Å². The van der Waals surface area contributed by atoms with Crippen molar-refractivity contribution in [1.29, 1.82) is 0 Å². The summed E-state index contributed by atoms with van der Waals surface area (Å²) in [5.74, 6) is -0.364. The van der Waals surface area contributed by atoms with Crippen LogP contribution >= 0.6 is 15.9 Å². The SMILES string of the molecule is O=C=NCc1cc(Br)ccc1F. The average Bonchev–Trinajstić information content (AvgIpc) is 2.07. The number of isocyanates is 1. The molecule has 0 amide bonds. The van der Waals surface area contributed by atoms with Crippen LogP contribution in [0, 0.1) is 5.82 Å². The van der Waals surface area contributed by atoms with Gasteiger partial charge in [-0.1, -0.05) is 15.9 Å². The fourth-order valence-corrected chi connectivity index (χ4v) is 1.19. The van der Waals surface area contributed by atoms with Gasteiger partial charge in [0.15, 0.2) is 0 Å². The van der Waals surface area contributed by atoms with E-state index < -0.39 is 0 Å². The van der Waals surface area contributed by atoms with Crippen molar-refractivity contribution in [3.63, 3.8) is 0 Å². The maximum Gasteiger partial charge on any atom is 0.235 e. The Kier molecular flexibility index (Phi) is 3.14. The lowest BCUT2D eigenvalue weighted by molar-refractivity contribution is 0.561. The maximum atomic E-state index is 12.9. The van der Waals surface area contributed by atoms with Gasteiger partial charge in [0.25, 0.3) is 0 Å². The summed E-state index contributed by atoms with van der Waals surface area (Å²) in [7, 11) is 0. The van der Waals surface area contributed by atoms with Crippen LogP contribution in [0.3, 0.4) is 0 Å². The highest BCUT2D eigenvalue weighted by Crippen LogP contribution is 2.15. The third-order valence-corrected chi connectivity index (χ3v) is 1.81. The van der Waals surface area contributed by atoms with E-state index in [0.717, 1.165) is 4.47 Å². The summed E-state index contributed by atoms with van der Waals surface area (Å²) in [5, 5.41) is 0. The molecule has 0 fully saturated rings. The van der Waals surface area contributed by atoms with Gasteiger partial charge in [0.2, 0.25) is 6.08 Å². The Bertz CT molecular complexity index is 334. The van der Waals surface area contributed by atoms with Crippen molar-refractivity contribution in [1.82, 2.24) is 0 Å². The van der Waals surface area contributed by atoms with Crippen molar-refractivity contribution in [2.45, 2.75) is 6.54 Å². The number of rotatable bonds is 2. The first-order chi connectivity index (χ1) is 5.74. The molecule has 0 spiro atoms. The molecular weight excluding hydrogens is 225 g/mol. The quantitative estimate of drug-likeness (QED) is 0.566. The van der Waals surface area contributed by atoms with Crippen LogP contribution in [-0.4, -0.2) is 6.08 Å². The zero-order valence-electron chi connectivity index (χ0n) is 6.05. The molecule has 1 aromatic rings. The molecule has 0 aromatic heterocycles. The number of nitrogens with zero attached hydrogens (tertiary/aromatic N) is 1. The van der Waals surface area contributed by atoms with Crippen LogP contribution in [0.15, 0.2) is 27.7 Å². The lowest BCUT2D eigenvalue weighted by Crippen LogP contribution is -1.87. The van der Waals surface area contributed by atoms with Crippen molar-refractivity contribution in [2.24, 2.45) is 4.99 Å². The summed E-state index contributed by atoms with van der Waals surface area (Å²) in [4.78, 5) is 13.0. The second kappa shape index (κ2) is 4.14. The molecular formula is C8H5BrFNO. The molecule has 12 heavy (non-hydrogen) atoms. The Morgan fingerprint density at radius 3 is 3.00 bits per heavy atom. The lowest BCUT2D eigenvalue weighted by Gasteiger charge is -1.97. The molecule has 0 unspecified atom stereocenters. The summed E-state index contributed by atoms with van der Waals surface area (Å²) >= 11 is 3.18. The van der Waals surface area contributed by atoms with Gasteiger partial charge in [-0.15, -0.1) is 0 Å². The fraction of sp³-hybridized carbons (Fsp3) is 0.125. The molecule has 62 valence electrons. The van der Waals surface area contributed by atoms with E-state index in [9.17, 15) is 9.18 Å². The highest BCUT2D eigenvalue weighted by molar-refractivity contribution is 9.10. The monoisotopic (exact) mass is 229 g/mol. The predicted octanol–water partition coefficient (Wildman–Crippen LogP) is 2.42. The molecule has 0 aliphatic carbocycles.